The Hall–Kier alpha value is -2.84. The van der Waals surface area contributed by atoms with E-state index in [-0.39, 0.29) is 11.7 Å². The number of hydrogen-bond acceptors (Lipinski definition) is 6. The fourth-order valence-electron chi connectivity index (χ4n) is 3.07. The third kappa shape index (κ3) is 4.66. The molecule has 1 saturated heterocycles. The highest BCUT2D eigenvalue weighted by atomic mass is 16.4. The van der Waals surface area contributed by atoms with E-state index in [1.54, 1.807) is 29.2 Å². The van der Waals surface area contributed by atoms with Crippen LogP contribution in [-0.2, 0) is 4.79 Å². The molecule has 27 heavy (non-hydrogen) atoms. The third-order valence-corrected chi connectivity index (χ3v) is 4.49. The molecule has 3 rings (SSSR count). The highest BCUT2D eigenvalue weighted by Crippen LogP contribution is 2.24. The van der Waals surface area contributed by atoms with Crippen molar-refractivity contribution in [1.82, 2.24) is 15.5 Å². The third-order valence-electron chi connectivity index (χ3n) is 4.49. The molecule has 1 atom stereocenters. The number of nitrogen functional groups attached to an aromatic ring is 1. The van der Waals surface area contributed by atoms with E-state index in [2.05, 4.69) is 10.6 Å². The van der Waals surface area contributed by atoms with Gasteiger partial charge in [-0.2, -0.15) is 0 Å². The van der Waals surface area contributed by atoms with Gasteiger partial charge in [-0.15, -0.1) is 0 Å². The van der Waals surface area contributed by atoms with E-state index in [9.17, 15) is 9.59 Å². The van der Waals surface area contributed by atoms with Gasteiger partial charge in [0.25, 0.3) is 5.91 Å². The Kier molecular flexibility index (Phi) is 6.10. The van der Waals surface area contributed by atoms with E-state index in [1.165, 1.54) is 0 Å². The number of rotatable bonds is 6. The van der Waals surface area contributed by atoms with Crippen molar-refractivity contribution in [2.45, 2.75) is 12.5 Å². The van der Waals surface area contributed by atoms with Crippen LogP contribution in [0.2, 0.25) is 0 Å². The summed E-state index contributed by atoms with van der Waals surface area (Å²) in [7, 11) is 0. The quantitative estimate of drug-likeness (QED) is 0.545. The van der Waals surface area contributed by atoms with Crippen molar-refractivity contribution >= 4 is 17.5 Å². The van der Waals surface area contributed by atoms with Crippen molar-refractivity contribution in [3.05, 3.63) is 42.2 Å². The van der Waals surface area contributed by atoms with E-state index < -0.39 is 11.9 Å². The summed E-state index contributed by atoms with van der Waals surface area (Å²) in [5, 5.41) is 5.96. The standard InChI is InChI=1S/C19H25N5O3/c20-7-6-15(19(26)24-10-8-22-9-11-24)23-18(25)17-5-4-16(27-17)13-2-1-3-14(21)12-13/h1-5,12,15,22H,6-11,20-21H2,(H,23,25)/t15-/m1/s1. The number of amides is 2. The van der Waals surface area contributed by atoms with Gasteiger partial charge in [-0.1, -0.05) is 12.1 Å². The lowest BCUT2D eigenvalue weighted by Crippen LogP contribution is -2.54. The fraction of sp³-hybridized carbons (Fsp3) is 0.368. The molecule has 2 aromatic rings. The van der Waals surface area contributed by atoms with Gasteiger partial charge in [0.15, 0.2) is 5.76 Å². The molecule has 0 unspecified atom stereocenters. The number of anilines is 1. The SMILES string of the molecule is NCC[C@@H](NC(=O)c1ccc(-c2cccc(N)c2)o1)C(=O)N1CCNCC1. The molecule has 0 bridgehead atoms. The number of nitrogens with two attached hydrogens (primary N) is 2. The molecular formula is C19H25N5O3. The second-order valence-corrected chi connectivity index (χ2v) is 6.47. The molecule has 144 valence electrons. The summed E-state index contributed by atoms with van der Waals surface area (Å²) in [5.74, 6) is 0.129. The zero-order valence-corrected chi connectivity index (χ0v) is 15.1. The van der Waals surface area contributed by atoms with Crippen LogP contribution < -0.4 is 22.1 Å². The molecule has 1 fully saturated rings. The van der Waals surface area contributed by atoms with Crippen LogP contribution in [-0.4, -0.2) is 55.5 Å². The molecule has 1 aliphatic rings. The number of nitrogens with zero attached hydrogens (tertiary/aromatic N) is 1. The van der Waals surface area contributed by atoms with Crippen LogP contribution in [0.3, 0.4) is 0 Å². The maximum atomic E-state index is 12.7. The first kappa shape index (κ1) is 18.9. The van der Waals surface area contributed by atoms with Crippen molar-refractivity contribution in [2.75, 3.05) is 38.5 Å². The second-order valence-electron chi connectivity index (χ2n) is 6.47. The summed E-state index contributed by atoms with van der Waals surface area (Å²) in [4.78, 5) is 27.0. The van der Waals surface area contributed by atoms with Gasteiger partial charge in [0, 0.05) is 37.4 Å². The molecule has 0 aliphatic carbocycles. The van der Waals surface area contributed by atoms with Crippen LogP contribution in [0.5, 0.6) is 0 Å². The summed E-state index contributed by atoms with van der Waals surface area (Å²) < 4.78 is 5.66. The molecule has 0 spiro atoms. The molecule has 0 saturated carbocycles. The van der Waals surface area contributed by atoms with Gasteiger partial charge in [-0.25, -0.2) is 0 Å². The van der Waals surface area contributed by atoms with Gasteiger partial charge in [-0.05, 0) is 37.2 Å². The number of piperazine rings is 1. The first-order chi connectivity index (χ1) is 13.1. The highest BCUT2D eigenvalue weighted by molar-refractivity contribution is 5.96. The van der Waals surface area contributed by atoms with Crippen LogP contribution in [0.25, 0.3) is 11.3 Å². The van der Waals surface area contributed by atoms with Crippen molar-refractivity contribution in [1.29, 1.82) is 0 Å². The largest absolute Gasteiger partial charge is 0.451 e. The molecule has 8 heteroatoms. The summed E-state index contributed by atoms with van der Waals surface area (Å²) in [6.07, 6.45) is 0.372. The maximum Gasteiger partial charge on any atom is 0.287 e. The molecule has 1 aromatic carbocycles. The van der Waals surface area contributed by atoms with Crippen LogP contribution in [0, 0.1) is 0 Å². The first-order valence-corrected chi connectivity index (χ1v) is 9.04. The van der Waals surface area contributed by atoms with Crippen molar-refractivity contribution < 1.29 is 14.0 Å². The van der Waals surface area contributed by atoms with Gasteiger partial charge in [-0.3, -0.25) is 9.59 Å². The van der Waals surface area contributed by atoms with E-state index in [4.69, 9.17) is 15.9 Å². The van der Waals surface area contributed by atoms with Crippen molar-refractivity contribution in [2.24, 2.45) is 5.73 Å². The highest BCUT2D eigenvalue weighted by Gasteiger charge is 2.27. The lowest BCUT2D eigenvalue weighted by molar-refractivity contribution is -0.133. The molecule has 0 radical (unpaired) electrons. The number of nitrogens with one attached hydrogen (secondary N) is 2. The zero-order chi connectivity index (χ0) is 19.2. The van der Waals surface area contributed by atoms with Crippen molar-refractivity contribution in [3.8, 4) is 11.3 Å². The number of furan rings is 1. The van der Waals surface area contributed by atoms with Gasteiger partial charge >= 0.3 is 0 Å². The predicted molar refractivity (Wildman–Crippen MR) is 103 cm³/mol. The van der Waals surface area contributed by atoms with Crippen LogP contribution in [0.4, 0.5) is 5.69 Å². The smallest absolute Gasteiger partial charge is 0.287 e. The minimum absolute atomic E-state index is 0.113. The van der Waals surface area contributed by atoms with E-state index >= 15 is 0 Å². The molecule has 8 nitrogen and oxygen atoms in total. The number of benzene rings is 1. The molecule has 2 amide bonds. The minimum atomic E-state index is -0.665. The van der Waals surface area contributed by atoms with Gasteiger partial charge in [0.2, 0.25) is 5.91 Å². The van der Waals surface area contributed by atoms with E-state index in [1.807, 2.05) is 12.1 Å². The Balaban J connectivity index is 1.69. The summed E-state index contributed by atoms with van der Waals surface area (Å²) in [6, 6.07) is 9.84. The van der Waals surface area contributed by atoms with Gasteiger partial charge in [0.05, 0.1) is 0 Å². The van der Waals surface area contributed by atoms with Crippen molar-refractivity contribution in [3.63, 3.8) is 0 Å². The summed E-state index contributed by atoms with van der Waals surface area (Å²) >= 11 is 0. The fourth-order valence-corrected chi connectivity index (χ4v) is 3.07. The lowest BCUT2D eigenvalue weighted by atomic mass is 10.1. The minimum Gasteiger partial charge on any atom is -0.451 e. The Labute approximate surface area is 157 Å². The molecule has 6 N–H and O–H groups in total. The monoisotopic (exact) mass is 371 g/mol. The Morgan fingerprint density at radius 3 is 2.70 bits per heavy atom. The number of hydrogen-bond donors (Lipinski definition) is 4. The summed E-state index contributed by atoms with van der Waals surface area (Å²) in [5.41, 5.74) is 12.8. The van der Waals surface area contributed by atoms with E-state index in [0.717, 1.165) is 18.7 Å². The molecule has 1 aliphatic heterocycles. The first-order valence-electron chi connectivity index (χ1n) is 9.04. The Morgan fingerprint density at radius 1 is 1.22 bits per heavy atom. The normalized spacial score (nSPS) is 15.4. The van der Waals surface area contributed by atoms with E-state index in [0.29, 0.717) is 37.5 Å². The van der Waals surface area contributed by atoms with Crippen LogP contribution in [0.15, 0.2) is 40.8 Å². The maximum absolute atomic E-state index is 12.7. The topological polar surface area (TPSA) is 127 Å². The van der Waals surface area contributed by atoms with Gasteiger partial charge < -0.3 is 31.4 Å². The predicted octanol–water partition coefficient (Wildman–Crippen LogP) is 0.408. The zero-order valence-electron chi connectivity index (χ0n) is 15.1. The molecule has 1 aromatic heterocycles. The van der Waals surface area contributed by atoms with Crippen LogP contribution in [0.1, 0.15) is 17.0 Å². The Bertz CT molecular complexity index is 798. The average Bonchev–Trinajstić information content (AvgIpc) is 3.18. The lowest BCUT2D eigenvalue weighted by Gasteiger charge is -2.31. The molecular weight excluding hydrogens is 346 g/mol. The number of carbonyl (C=O) groups excluding carboxylic acids is 2. The average molecular weight is 371 g/mol. The Morgan fingerprint density at radius 2 is 2.00 bits per heavy atom. The number of carbonyl (C=O) groups is 2. The summed E-state index contributed by atoms with van der Waals surface area (Å²) in [6.45, 7) is 3.04. The second kappa shape index (κ2) is 8.70. The molecule has 2 heterocycles. The van der Waals surface area contributed by atoms with Crippen LogP contribution >= 0.6 is 0 Å². The van der Waals surface area contributed by atoms with Gasteiger partial charge in [0.1, 0.15) is 11.8 Å².